The van der Waals surface area contributed by atoms with Gasteiger partial charge in [0, 0.05) is 5.41 Å². The Morgan fingerprint density at radius 3 is 1.94 bits per heavy atom. The molecule has 0 heterocycles. The number of aromatic carboxylic acids is 1. The summed E-state index contributed by atoms with van der Waals surface area (Å²) in [6.07, 6.45) is 1.62. The van der Waals surface area contributed by atoms with Crippen molar-refractivity contribution >= 4 is 5.97 Å². The van der Waals surface area contributed by atoms with Gasteiger partial charge in [0.25, 0.3) is 0 Å². The van der Waals surface area contributed by atoms with Gasteiger partial charge in [-0.15, -0.1) is 0 Å². The zero-order valence-electron chi connectivity index (χ0n) is 18.7. The molecule has 0 bridgehead atoms. The second-order valence-corrected chi connectivity index (χ2v) is 8.73. The molecular formula is C30H28O3. The van der Waals surface area contributed by atoms with Crippen molar-refractivity contribution in [3.63, 3.8) is 0 Å². The van der Waals surface area contributed by atoms with E-state index < -0.39 is 5.97 Å². The number of hydrogen-bond donors (Lipinski definition) is 2. The third-order valence-corrected chi connectivity index (χ3v) is 6.34. The number of benzene rings is 4. The van der Waals surface area contributed by atoms with Crippen LogP contribution in [0.5, 0.6) is 0 Å². The van der Waals surface area contributed by atoms with Gasteiger partial charge >= 0.3 is 5.97 Å². The summed E-state index contributed by atoms with van der Waals surface area (Å²) in [6, 6.07) is 34.3. The fraction of sp³-hybridized carbons (Fsp3) is 0.167. The minimum Gasteiger partial charge on any atom is -0.478 e. The van der Waals surface area contributed by atoms with Gasteiger partial charge in [-0.05, 0) is 58.4 Å². The van der Waals surface area contributed by atoms with Crippen LogP contribution in [0.2, 0.25) is 0 Å². The quantitative estimate of drug-likeness (QED) is 0.355. The Labute approximate surface area is 195 Å². The maximum atomic E-state index is 11.3. The Bertz CT molecular complexity index is 1210. The highest BCUT2D eigenvalue weighted by atomic mass is 16.4. The molecule has 0 aromatic heterocycles. The van der Waals surface area contributed by atoms with Crippen LogP contribution in [0.25, 0.3) is 0 Å². The summed E-state index contributed by atoms with van der Waals surface area (Å²) in [5, 5.41) is 18.6. The molecule has 0 saturated carbocycles. The first-order valence-corrected chi connectivity index (χ1v) is 11.1. The highest BCUT2D eigenvalue weighted by Crippen LogP contribution is 2.36. The predicted molar refractivity (Wildman–Crippen MR) is 132 cm³/mol. The van der Waals surface area contributed by atoms with Gasteiger partial charge in [0.05, 0.1) is 12.2 Å². The summed E-state index contributed by atoms with van der Waals surface area (Å²) < 4.78 is 0. The highest BCUT2D eigenvalue weighted by Gasteiger charge is 2.29. The molecule has 33 heavy (non-hydrogen) atoms. The fourth-order valence-electron chi connectivity index (χ4n) is 4.41. The van der Waals surface area contributed by atoms with Gasteiger partial charge in [-0.3, -0.25) is 0 Å². The third-order valence-electron chi connectivity index (χ3n) is 6.34. The molecule has 0 radical (unpaired) electrons. The van der Waals surface area contributed by atoms with Gasteiger partial charge in [0.15, 0.2) is 0 Å². The monoisotopic (exact) mass is 436 g/mol. The molecule has 0 aliphatic rings. The van der Waals surface area contributed by atoms with Crippen molar-refractivity contribution in [1.82, 2.24) is 0 Å². The smallest absolute Gasteiger partial charge is 0.335 e. The van der Waals surface area contributed by atoms with E-state index in [9.17, 15) is 15.0 Å². The van der Waals surface area contributed by atoms with Crippen molar-refractivity contribution in [1.29, 1.82) is 0 Å². The molecule has 0 aliphatic carbocycles. The van der Waals surface area contributed by atoms with Gasteiger partial charge < -0.3 is 10.2 Å². The molecular weight excluding hydrogens is 408 g/mol. The molecule has 3 heteroatoms. The molecule has 0 fully saturated rings. The van der Waals surface area contributed by atoms with Crippen LogP contribution in [-0.2, 0) is 24.9 Å². The summed E-state index contributed by atoms with van der Waals surface area (Å²) in [4.78, 5) is 11.3. The Morgan fingerprint density at radius 2 is 1.30 bits per heavy atom. The van der Waals surface area contributed by atoms with Crippen LogP contribution in [0.3, 0.4) is 0 Å². The summed E-state index contributed by atoms with van der Waals surface area (Å²) in [7, 11) is 0. The van der Waals surface area contributed by atoms with Crippen LogP contribution >= 0.6 is 0 Å². The van der Waals surface area contributed by atoms with E-state index in [1.807, 2.05) is 42.5 Å². The molecule has 4 rings (SSSR count). The highest BCUT2D eigenvalue weighted by molar-refractivity contribution is 5.87. The lowest BCUT2D eigenvalue weighted by molar-refractivity contribution is 0.0697. The van der Waals surface area contributed by atoms with E-state index in [0.29, 0.717) is 5.56 Å². The number of carbonyl (C=O) groups is 1. The number of carboxylic acid groups (broad SMARTS) is 1. The summed E-state index contributed by atoms with van der Waals surface area (Å²) in [6.45, 7) is 2.28. The van der Waals surface area contributed by atoms with Crippen LogP contribution in [-0.4, -0.2) is 16.2 Å². The zero-order chi connectivity index (χ0) is 23.3. The third kappa shape index (κ3) is 5.21. The minimum atomic E-state index is -0.914. The lowest BCUT2D eigenvalue weighted by atomic mass is 9.72. The molecule has 4 aromatic carbocycles. The lowest BCUT2D eigenvalue weighted by Gasteiger charge is -2.31. The first-order valence-electron chi connectivity index (χ1n) is 11.1. The summed E-state index contributed by atoms with van der Waals surface area (Å²) in [5.74, 6) is -0.914. The Hall–Kier alpha value is -3.69. The molecule has 0 spiro atoms. The second-order valence-electron chi connectivity index (χ2n) is 8.73. The van der Waals surface area contributed by atoms with Gasteiger partial charge in [-0.25, -0.2) is 4.79 Å². The van der Waals surface area contributed by atoms with Crippen molar-refractivity contribution in [2.24, 2.45) is 0 Å². The van der Waals surface area contributed by atoms with Crippen LogP contribution in [0, 0.1) is 0 Å². The first kappa shape index (κ1) is 22.5. The average Bonchev–Trinajstić information content (AvgIpc) is 2.85. The molecule has 3 nitrogen and oxygen atoms in total. The van der Waals surface area contributed by atoms with Crippen molar-refractivity contribution < 1.29 is 15.0 Å². The van der Waals surface area contributed by atoms with Crippen LogP contribution in [0.15, 0.2) is 103 Å². The lowest BCUT2D eigenvalue weighted by Crippen LogP contribution is -2.27. The van der Waals surface area contributed by atoms with Crippen molar-refractivity contribution in [3.8, 4) is 0 Å². The van der Waals surface area contributed by atoms with E-state index in [2.05, 4.69) is 55.5 Å². The van der Waals surface area contributed by atoms with Gasteiger partial charge in [0.2, 0.25) is 0 Å². The fourth-order valence-corrected chi connectivity index (χ4v) is 4.41. The maximum absolute atomic E-state index is 11.3. The number of hydrogen-bond acceptors (Lipinski definition) is 2. The van der Waals surface area contributed by atoms with Crippen molar-refractivity contribution in [2.75, 3.05) is 0 Å². The Balaban J connectivity index is 1.65. The molecule has 1 unspecified atom stereocenters. The van der Waals surface area contributed by atoms with E-state index in [4.69, 9.17) is 0 Å². The van der Waals surface area contributed by atoms with E-state index in [0.717, 1.165) is 24.0 Å². The summed E-state index contributed by atoms with van der Waals surface area (Å²) in [5.41, 5.74) is 6.86. The Morgan fingerprint density at radius 1 is 0.697 bits per heavy atom. The molecule has 0 saturated heterocycles. The van der Waals surface area contributed by atoms with E-state index in [1.165, 1.54) is 22.3 Å². The first-order chi connectivity index (χ1) is 16.0. The molecule has 166 valence electrons. The molecule has 2 N–H and O–H groups in total. The van der Waals surface area contributed by atoms with Crippen LogP contribution < -0.4 is 0 Å². The topological polar surface area (TPSA) is 57.5 Å². The molecule has 0 aliphatic heterocycles. The largest absolute Gasteiger partial charge is 0.478 e. The van der Waals surface area contributed by atoms with Crippen molar-refractivity contribution in [2.45, 2.75) is 31.8 Å². The predicted octanol–water partition coefficient (Wildman–Crippen LogP) is 6.02. The van der Waals surface area contributed by atoms with Gasteiger partial charge in [0.1, 0.15) is 0 Å². The average molecular weight is 437 g/mol. The Kier molecular flexibility index (Phi) is 6.71. The van der Waals surface area contributed by atoms with Gasteiger partial charge in [-0.1, -0.05) is 97.9 Å². The SMILES string of the molecule is CC(Cc1cccc(Cc2ccc(CO)cc2)c1)(c1ccccc1)c1ccc(C(=O)O)cc1. The standard InChI is InChI=1S/C30H28O3/c1-30(27-8-3-2-4-9-27,28-16-14-26(15-17-28)29(32)33)20-25-7-5-6-24(19-25)18-22-10-12-23(21-31)13-11-22/h2-17,19,31H,18,20-21H2,1H3,(H,32,33). The number of rotatable bonds is 8. The van der Waals surface area contributed by atoms with Crippen LogP contribution in [0.4, 0.5) is 0 Å². The number of aliphatic hydroxyl groups excluding tert-OH is 1. The van der Waals surface area contributed by atoms with Crippen LogP contribution in [0.1, 0.15) is 50.7 Å². The van der Waals surface area contributed by atoms with E-state index in [-0.39, 0.29) is 12.0 Å². The maximum Gasteiger partial charge on any atom is 0.335 e. The normalized spacial score (nSPS) is 12.8. The zero-order valence-corrected chi connectivity index (χ0v) is 18.7. The van der Waals surface area contributed by atoms with E-state index in [1.54, 1.807) is 12.1 Å². The minimum absolute atomic E-state index is 0.0568. The molecule has 1 atom stereocenters. The number of aliphatic hydroxyl groups is 1. The van der Waals surface area contributed by atoms with Crippen molar-refractivity contribution in [3.05, 3.63) is 142 Å². The summed E-state index contributed by atoms with van der Waals surface area (Å²) >= 11 is 0. The second kappa shape index (κ2) is 9.85. The van der Waals surface area contributed by atoms with Gasteiger partial charge in [-0.2, -0.15) is 0 Å². The molecule has 0 amide bonds. The van der Waals surface area contributed by atoms with E-state index >= 15 is 0 Å². The number of carboxylic acids is 1. The molecule has 4 aromatic rings.